The Labute approximate surface area is 161 Å². The first kappa shape index (κ1) is 18.3. The summed E-state index contributed by atoms with van der Waals surface area (Å²) in [6.07, 6.45) is 7.49. The fraction of sp³-hybridized carbons (Fsp3) is 0.636. The van der Waals surface area contributed by atoms with Crippen LogP contribution >= 0.6 is 0 Å². The zero-order valence-corrected chi connectivity index (χ0v) is 16.1. The number of carbonyl (C=O) groups excluding carboxylic acids is 2. The maximum absolute atomic E-state index is 12.9. The lowest BCUT2D eigenvalue weighted by Crippen LogP contribution is -2.53. The van der Waals surface area contributed by atoms with Crippen LogP contribution in [0.3, 0.4) is 0 Å². The van der Waals surface area contributed by atoms with Crippen LogP contribution < -0.4 is 15.4 Å². The van der Waals surface area contributed by atoms with Gasteiger partial charge in [0.1, 0.15) is 5.75 Å². The molecule has 4 aliphatic carbocycles. The van der Waals surface area contributed by atoms with Gasteiger partial charge in [-0.2, -0.15) is 0 Å². The summed E-state index contributed by atoms with van der Waals surface area (Å²) in [5.74, 6) is 3.18. The van der Waals surface area contributed by atoms with E-state index in [-0.39, 0.29) is 17.2 Å². The summed E-state index contributed by atoms with van der Waals surface area (Å²) in [6, 6.07) is 7.65. The molecular formula is C22H30N2O3. The SMILES string of the molecule is COc1ccccc1CNC(=O)CCNC(=O)C12CC3CC(CC(C3)C1)C2. The number of para-hydroxylation sites is 1. The van der Waals surface area contributed by atoms with Gasteiger partial charge in [0.05, 0.1) is 7.11 Å². The molecule has 0 aliphatic heterocycles. The number of hydrogen-bond donors (Lipinski definition) is 2. The molecule has 0 radical (unpaired) electrons. The van der Waals surface area contributed by atoms with Crippen LogP contribution in [0.1, 0.15) is 50.5 Å². The Morgan fingerprint density at radius 1 is 1.04 bits per heavy atom. The molecule has 4 fully saturated rings. The van der Waals surface area contributed by atoms with Crippen molar-refractivity contribution in [2.24, 2.45) is 23.2 Å². The van der Waals surface area contributed by atoms with Gasteiger partial charge in [0.15, 0.2) is 0 Å². The zero-order valence-electron chi connectivity index (χ0n) is 16.1. The van der Waals surface area contributed by atoms with Crippen molar-refractivity contribution in [1.29, 1.82) is 0 Å². The second-order valence-electron chi connectivity index (χ2n) is 8.79. The van der Waals surface area contributed by atoms with E-state index in [4.69, 9.17) is 4.74 Å². The number of hydrogen-bond acceptors (Lipinski definition) is 3. The second-order valence-corrected chi connectivity index (χ2v) is 8.79. The number of rotatable bonds is 7. The van der Waals surface area contributed by atoms with E-state index in [2.05, 4.69) is 10.6 Å². The molecular weight excluding hydrogens is 340 g/mol. The first-order valence-corrected chi connectivity index (χ1v) is 10.2. The van der Waals surface area contributed by atoms with Crippen LogP contribution in [0.15, 0.2) is 24.3 Å². The van der Waals surface area contributed by atoms with E-state index in [0.717, 1.165) is 48.3 Å². The maximum Gasteiger partial charge on any atom is 0.226 e. The smallest absolute Gasteiger partial charge is 0.226 e. The monoisotopic (exact) mass is 370 g/mol. The molecule has 1 aromatic rings. The molecule has 0 saturated heterocycles. The molecule has 5 nitrogen and oxygen atoms in total. The molecule has 0 unspecified atom stereocenters. The molecule has 146 valence electrons. The van der Waals surface area contributed by atoms with Gasteiger partial charge < -0.3 is 15.4 Å². The third kappa shape index (κ3) is 3.83. The Morgan fingerprint density at radius 3 is 2.30 bits per heavy atom. The van der Waals surface area contributed by atoms with E-state index in [1.54, 1.807) is 7.11 Å². The third-order valence-corrected chi connectivity index (χ3v) is 6.83. The van der Waals surface area contributed by atoms with E-state index < -0.39 is 0 Å². The number of benzene rings is 1. The minimum atomic E-state index is -0.136. The lowest BCUT2D eigenvalue weighted by Gasteiger charge is -2.55. The molecule has 4 bridgehead atoms. The summed E-state index contributed by atoms with van der Waals surface area (Å²) in [4.78, 5) is 25.0. The van der Waals surface area contributed by atoms with Crippen molar-refractivity contribution in [2.45, 2.75) is 51.5 Å². The Kier molecular flexibility index (Phi) is 5.11. The Balaban J connectivity index is 1.23. The van der Waals surface area contributed by atoms with Gasteiger partial charge in [-0.05, 0) is 62.3 Å². The molecule has 2 amide bonds. The van der Waals surface area contributed by atoms with Crippen LogP contribution in [-0.4, -0.2) is 25.5 Å². The molecule has 0 heterocycles. The van der Waals surface area contributed by atoms with E-state index in [1.165, 1.54) is 19.3 Å². The van der Waals surface area contributed by atoms with Crippen molar-refractivity contribution in [3.05, 3.63) is 29.8 Å². The molecule has 0 atom stereocenters. The number of carbonyl (C=O) groups is 2. The van der Waals surface area contributed by atoms with Crippen molar-refractivity contribution in [2.75, 3.05) is 13.7 Å². The summed E-state index contributed by atoms with van der Waals surface area (Å²) >= 11 is 0. The minimum absolute atomic E-state index is 0.0493. The average molecular weight is 370 g/mol. The molecule has 0 spiro atoms. The molecule has 0 aromatic heterocycles. The summed E-state index contributed by atoms with van der Waals surface area (Å²) < 4.78 is 5.30. The average Bonchev–Trinajstić information content (AvgIpc) is 2.65. The lowest BCUT2D eigenvalue weighted by atomic mass is 9.49. The standard InChI is InChI=1S/C22H30N2O3/c1-27-19-5-3-2-4-18(19)14-24-20(25)6-7-23-21(26)22-11-15-8-16(12-22)10-17(9-15)13-22/h2-5,15-17H,6-14H2,1H3,(H,23,26)(H,24,25). The van der Waals surface area contributed by atoms with Gasteiger partial charge in [0.2, 0.25) is 11.8 Å². The van der Waals surface area contributed by atoms with Crippen LogP contribution in [0.4, 0.5) is 0 Å². The first-order chi connectivity index (χ1) is 13.1. The highest BCUT2D eigenvalue weighted by atomic mass is 16.5. The maximum atomic E-state index is 12.9. The number of amides is 2. The van der Waals surface area contributed by atoms with E-state index >= 15 is 0 Å². The largest absolute Gasteiger partial charge is 0.496 e. The minimum Gasteiger partial charge on any atom is -0.496 e. The Morgan fingerprint density at radius 2 is 1.67 bits per heavy atom. The van der Waals surface area contributed by atoms with Crippen molar-refractivity contribution < 1.29 is 14.3 Å². The van der Waals surface area contributed by atoms with Crippen LogP contribution in [0, 0.1) is 23.2 Å². The van der Waals surface area contributed by atoms with Crippen molar-refractivity contribution in [1.82, 2.24) is 10.6 Å². The van der Waals surface area contributed by atoms with Crippen molar-refractivity contribution in [3.63, 3.8) is 0 Å². The predicted molar refractivity (Wildman–Crippen MR) is 103 cm³/mol. The van der Waals surface area contributed by atoms with Gasteiger partial charge in [0, 0.05) is 30.5 Å². The van der Waals surface area contributed by atoms with Crippen LogP contribution in [0.2, 0.25) is 0 Å². The van der Waals surface area contributed by atoms with E-state index in [9.17, 15) is 9.59 Å². The Hall–Kier alpha value is -2.04. The predicted octanol–water partition coefficient (Wildman–Crippen LogP) is 3.03. The van der Waals surface area contributed by atoms with Gasteiger partial charge in [-0.25, -0.2) is 0 Å². The molecule has 27 heavy (non-hydrogen) atoms. The first-order valence-electron chi connectivity index (χ1n) is 10.2. The highest BCUT2D eigenvalue weighted by Crippen LogP contribution is 2.60. The van der Waals surface area contributed by atoms with Crippen LogP contribution in [0.5, 0.6) is 5.75 Å². The molecule has 4 aliphatic rings. The lowest BCUT2D eigenvalue weighted by molar-refractivity contribution is -0.146. The molecule has 4 saturated carbocycles. The van der Waals surface area contributed by atoms with Crippen molar-refractivity contribution in [3.8, 4) is 5.75 Å². The third-order valence-electron chi connectivity index (χ3n) is 6.83. The molecule has 2 N–H and O–H groups in total. The molecule has 1 aromatic carbocycles. The van der Waals surface area contributed by atoms with Crippen LogP contribution in [-0.2, 0) is 16.1 Å². The fourth-order valence-electron chi connectivity index (χ4n) is 6.00. The summed E-state index contributed by atoms with van der Waals surface area (Å²) in [5.41, 5.74) is 0.814. The molecule has 5 heteroatoms. The van der Waals surface area contributed by atoms with Crippen molar-refractivity contribution >= 4 is 11.8 Å². The number of ether oxygens (including phenoxy) is 1. The van der Waals surface area contributed by atoms with E-state index in [1.807, 2.05) is 24.3 Å². The summed E-state index contributed by atoms with van der Waals surface area (Å²) in [7, 11) is 1.63. The van der Waals surface area contributed by atoms with Crippen LogP contribution in [0.25, 0.3) is 0 Å². The van der Waals surface area contributed by atoms with Gasteiger partial charge in [-0.15, -0.1) is 0 Å². The highest BCUT2D eigenvalue weighted by Gasteiger charge is 2.54. The zero-order chi connectivity index (χ0) is 18.9. The normalized spacial score (nSPS) is 30.8. The topological polar surface area (TPSA) is 67.4 Å². The summed E-state index contributed by atoms with van der Waals surface area (Å²) in [6.45, 7) is 0.851. The Bertz CT molecular complexity index is 680. The van der Waals surface area contributed by atoms with Gasteiger partial charge in [-0.1, -0.05) is 18.2 Å². The van der Waals surface area contributed by atoms with Gasteiger partial charge in [0.25, 0.3) is 0 Å². The number of methoxy groups -OCH3 is 1. The summed E-state index contributed by atoms with van der Waals surface area (Å²) in [5, 5.41) is 5.98. The van der Waals surface area contributed by atoms with Gasteiger partial charge >= 0.3 is 0 Å². The number of nitrogens with one attached hydrogen (secondary N) is 2. The quantitative estimate of drug-likeness (QED) is 0.775. The van der Waals surface area contributed by atoms with Gasteiger partial charge in [-0.3, -0.25) is 9.59 Å². The fourth-order valence-corrected chi connectivity index (χ4v) is 6.00. The highest BCUT2D eigenvalue weighted by molar-refractivity contribution is 5.84. The molecule has 5 rings (SSSR count). The second kappa shape index (κ2) is 7.53. The van der Waals surface area contributed by atoms with E-state index in [0.29, 0.717) is 19.5 Å².